The number of pyridine rings is 1. The summed E-state index contributed by atoms with van der Waals surface area (Å²) in [5, 5.41) is 3.27. The van der Waals surface area contributed by atoms with Gasteiger partial charge in [-0.3, -0.25) is 9.78 Å². The first-order valence-electron chi connectivity index (χ1n) is 6.76. The second-order valence-electron chi connectivity index (χ2n) is 4.78. The topological polar surface area (TPSA) is 45.2 Å². The van der Waals surface area contributed by atoms with Crippen molar-refractivity contribution >= 4 is 23.4 Å². The van der Waals surface area contributed by atoms with E-state index in [0.717, 1.165) is 42.1 Å². The zero-order valence-corrected chi connectivity index (χ0v) is 12.4. The minimum Gasteiger partial charge on any atom is -0.383 e. The Hall–Kier alpha value is -1.23. The van der Waals surface area contributed by atoms with E-state index < -0.39 is 0 Å². The number of anilines is 1. The van der Waals surface area contributed by atoms with Crippen LogP contribution in [0.1, 0.15) is 30.1 Å². The molecule has 1 unspecified atom stereocenters. The zero-order valence-electron chi connectivity index (χ0n) is 11.6. The fourth-order valence-electron chi connectivity index (χ4n) is 2.16. The molecule has 4 nitrogen and oxygen atoms in total. The van der Waals surface area contributed by atoms with Crippen LogP contribution in [0.4, 0.5) is 5.69 Å². The average Bonchev–Trinajstić information content (AvgIpc) is 2.98. The van der Waals surface area contributed by atoms with E-state index in [9.17, 15) is 4.79 Å². The van der Waals surface area contributed by atoms with Crippen LogP contribution in [0.2, 0.25) is 0 Å². The van der Waals surface area contributed by atoms with E-state index in [2.05, 4.69) is 17.2 Å². The molecule has 1 saturated heterocycles. The predicted molar refractivity (Wildman–Crippen MR) is 80.8 cm³/mol. The highest BCUT2D eigenvalue weighted by atomic mass is 32.2. The van der Waals surface area contributed by atoms with E-state index in [-0.39, 0.29) is 5.91 Å². The van der Waals surface area contributed by atoms with Crippen LogP contribution in [0.25, 0.3) is 0 Å². The van der Waals surface area contributed by atoms with Crippen molar-refractivity contribution in [2.24, 2.45) is 0 Å². The van der Waals surface area contributed by atoms with Crippen molar-refractivity contribution in [3.8, 4) is 0 Å². The first-order valence-corrected chi connectivity index (χ1v) is 7.92. The highest BCUT2D eigenvalue weighted by Gasteiger charge is 2.25. The van der Waals surface area contributed by atoms with Gasteiger partial charge in [0, 0.05) is 31.6 Å². The SMILES string of the molecule is CCCNc1cnccc1C(=O)N(C)C1CCSC1. The monoisotopic (exact) mass is 279 g/mol. The molecule has 0 spiro atoms. The van der Waals surface area contributed by atoms with Gasteiger partial charge >= 0.3 is 0 Å². The number of nitrogens with one attached hydrogen (secondary N) is 1. The number of thioether (sulfide) groups is 1. The fraction of sp³-hybridized carbons (Fsp3) is 0.571. The number of carbonyl (C=O) groups excluding carboxylic acids is 1. The van der Waals surface area contributed by atoms with Crippen molar-refractivity contribution in [3.63, 3.8) is 0 Å². The summed E-state index contributed by atoms with van der Waals surface area (Å²) in [4.78, 5) is 18.5. The summed E-state index contributed by atoms with van der Waals surface area (Å²) in [6.07, 6.45) is 5.54. The van der Waals surface area contributed by atoms with Crippen molar-refractivity contribution in [3.05, 3.63) is 24.0 Å². The quantitative estimate of drug-likeness (QED) is 0.899. The Morgan fingerprint density at radius 2 is 2.47 bits per heavy atom. The molecule has 1 aliphatic rings. The maximum Gasteiger partial charge on any atom is 0.256 e. The largest absolute Gasteiger partial charge is 0.383 e. The van der Waals surface area contributed by atoms with Gasteiger partial charge in [-0.25, -0.2) is 0 Å². The average molecular weight is 279 g/mol. The van der Waals surface area contributed by atoms with E-state index in [1.807, 2.05) is 23.7 Å². The number of rotatable bonds is 5. The molecule has 1 amide bonds. The second-order valence-corrected chi connectivity index (χ2v) is 5.93. The van der Waals surface area contributed by atoms with Crippen molar-refractivity contribution in [2.75, 3.05) is 30.4 Å². The van der Waals surface area contributed by atoms with Crippen LogP contribution in [-0.2, 0) is 0 Å². The predicted octanol–water partition coefficient (Wildman–Crippen LogP) is 2.48. The Morgan fingerprint density at radius 3 is 3.16 bits per heavy atom. The molecule has 1 aromatic heterocycles. The first kappa shape index (κ1) is 14.2. The molecule has 0 radical (unpaired) electrons. The van der Waals surface area contributed by atoms with E-state index in [0.29, 0.717) is 6.04 Å². The normalized spacial score (nSPS) is 18.3. The lowest BCUT2D eigenvalue weighted by molar-refractivity contribution is 0.0748. The second kappa shape index (κ2) is 6.80. The fourth-order valence-corrected chi connectivity index (χ4v) is 3.43. The van der Waals surface area contributed by atoms with Gasteiger partial charge in [0.2, 0.25) is 0 Å². The molecule has 1 fully saturated rings. The molecule has 1 aromatic rings. The molecule has 0 aliphatic carbocycles. The first-order chi connectivity index (χ1) is 9.24. The molecular weight excluding hydrogens is 258 g/mol. The van der Waals surface area contributed by atoms with Gasteiger partial charge in [-0.2, -0.15) is 11.8 Å². The van der Waals surface area contributed by atoms with Crippen molar-refractivity contribution in [1.29, 1.82) is 0 Å². The minimum absolute atomic E-state index is 0.0912. The van der Waals surface area contributed by atoms with Gasteiger partial charge in [-0.1, -0.05) is 6.92 Å². The van der Waals surface area contributed by atoms with Gasteiger partial charge in [-0.05, 0) is 24.7 Å². The van der Waals surface area contributed by atoms with Crippen LogP contribution < -0.4 is 5.32 Å². The highest BCUT2D eigenvalue weighted by molar-refractivity contribution is 7.99. The standard InChI is InChI=1S/C14H21N3OS/c1-3-6-16-13-9-15-7-4-12(13)14(18)17(2)11-5-8-19-10-11/h4,7,9,11,16H,3,5-6,8,10H2,1-2H3. The highest BCUT2D eigenvalue weighted by Crippen LogP contribution is 2.24. The molecular formula is C14H21N3OS. The van der Waals surface area contributed by atoms with Crippen molar-refractivity contribution < 1.29 is 4.79 Å². The molecule has 1 N–H and O–H groups in total. The zero-order chi connectivity index (χ0) is 13.7. The lowest BCUT2D eigenvalue weighted by Crippen LogP contribution is -2.37. The Kier molecular flexibility index (Phi) is 5.07. The smallest absolute Gasteiger partial charge is 0.256 e. The number of hydrogen-bond acceptors (Lipinski definition) is 4. The number of hydrogen-bond donors (Lipinski definition) is 1. The summed E-state index contributed by atoms with van der Waals surface area (Å²) < 4.78 is 0. The third-order valence-electron chi connectivity index (χ3n) is 3.39. The maximum absolute atomic E-state index is 12.6. The van der Waals surface area contributed by atoms with E-state index >= 15 is 0 Å². The minimum atomic E-state index is 0.0912. The lowest BCUT2D eigenvalue weighted by atomic mass is 10.1. The van der Waals surface area contributed by atoms with Gasteiger partial charge in [-0.15, -0.1) is 0 Å². The molecule has 19 heavy (non-hydrogen) atoms. The number of amides is 1. The molecule has 0 aromatic carbocycles. The summed E-state index contributed by atoms with van der Waals surface area (Å²) in [6.45, 7) is 2.96. The van der Waals surface area contributed by atoms with Crippen LogP contribution in [0.15, 0.2) is 18.5 Å². The Labute approximate surface area is 119 Å². The van der Waals surface area contributed by atoms with Crippen LogP contribution in [0.5, 0.6) is 0 Å². The summed E-state index contributed by atoms with van der Waals surface area (Å²) in [5.74, 6) is 2.29. The Morgan fingerprint density at radius 1 is 1.63 bits per heavy atom. The summed E-state index contributed by atoms with van der Waals surface area (Å²) in [5.41, 5.74) is 1.56. The van der Waals surface area contributed by atoms with Crippen LogP contribution in [0, 0.1) is 0 Å². The molecule has 1 atom stereocenters. The van der Waals surface area contributed by atoms with E-state index in [1.165, 1.54) is 0 Å². The van der Waals surface area contributed by atoms with Crippen LogP contribution in [-0.4, -0.2) is 46.9 Å². The Bertz CT molecular complexity index is 432. The van der Waals surface area contributed by atoms with Gasteiger partial charge in [0.05, 0.1) is 17.4 Å². The molecule has 2 rings (SSSR count). The third-order valence-corrected chi connectivity index (χ3v) is 4.54. The van der Waals surface area contributed by atoms with Gasteiger partial charge in [0.1, 0.15) is 0 Å². The lowest BCUT2D eigenvalue weighted by Gasteiger charge is -2.24. The molecule has 5 heteroatoms. The summed E-state index contributed by atoms with van der Waals surface area (Å²) in [7, 11) is 1.91. The van der Waals surface area contributed by atoms with Crippen LogP contribution >= 0.6 is 11.8 Å². The van der Waals surface area contributed by atoms with Crippen LogP contribution in [0.3, 0.4) is 0 Å². The van der Waals surface area contributed by atoms with E-state index in [1.54, 1.807) is 18.5 Å². The van der Waals surface area contributed by atoms with Crippen molar-refractivity contribution in [2.45, 2.75) is 25.8 Å². The Balaban J connectivity index is 2.13. The number of aromatic nitrogens is 1. The summed E-state index contributed by atoms with van der Waals surface area (Å²) >= 11 is 1.92. The molecule has 2 heterocycles. The number of carbonyl (C=O) groups is 1. The maximum atomic E-state index is 12.6. The third kappa shape index (κ3) is 3.41. The molecule has 1 aliphatic heterocycles. The molecule has 104 valence electrons. The molecule has 0 bridgehead atoms. The molecule has 0 saturated carbocycles. The van der Waals surface area contributed by atoms with Crippen molar-refractivity contribution in [1.82, 2.24) is 9.88 Å². The van der Waals surface area contributed by atoms with Gasteiger partial charge < -0.3 is 10.2 Å². The number of nitrogens with zero attached hydrogens (tertiary/aromatic N) is 2. The van der Waals surface area contributed by atoms with E-state index in [4.69, 9.17) is 0 Å². The summed E-state index contributed by atoms with van der Waals surface area (Å²) in [6, 6.07) is 2.17. The van der Waals surface area contributed by atoms with Gasteiger partial charge in [0.15, 0.2) is 0 Å². The van der Waals surface area contributed by atoms with Gasteiger partial charge in [0.25, 0.3) is 5.91 Å².